The number of ether oxygens (including phenoxy) is 2. The molecule has 0 bridgehead atoms. The molecule has 28 heavy (non-hydrogen) atoms. The van der Waals surface area contributed by atoms with Gasteiger partial charge < -0.3 is 20.5 Å². The van der Waals surface area contributed by atoms with Crippen LogP contribution in [0.3, 0.4) is 0 Å². The van der Waals surface area contributed by atoms with E-state index < -0.39 is 10.8 Å². The van der Waals surface area contributed by atoms with Crippen LogP contribution in [0.15, 0.2) is 42.5 Å². The Morgan fingerprint density at radius 1 is 1.21 bits per heavy atom. The minimum Gasteiger partial charge on any atom is -0.497 e. The van der Waals surface area contributed by atoms with Gasteiger partial charge in [-0.05, 0) is 55.6 Å². The van der Waals surface area contributed by atoms with E-state index in [1.807, 2.05) is 0 Å². The Kier molecular flexibility index (Phi) is 6.10. The number of rotatable bonds is 7. The number of nitrogens with one attached hydrogen (secondary N) is 1. The molecular formula is C20H23N3O5. The summed E-state index contributed by atoms with van der Waals surface area (Å²) in [6, 6.07) is 10.8. The van der Waals surface area contributed by atoms with Gasteiger partial charge in [-0.25, -0.2) is 0 Å². The number of benzene rings is 2. The van der Waals surface area contributed by atoms with E-state index in [4.69, 9.17) is 15.2 Å². The van der Waals surface area contributed by atoms with Crippen LogP contribution >= 0.6 is 0 Å². The maximum Gasteiger partial charge on any atom is 0.270 e. The Morgan fingerprint density at radius 2 is 1.93 bits per heavy atom. The number of hydrogen-bond donors (Lipinski definition) is 2. The molecule has 0 spiro atoms. The van der Waals surface area contributed by atoms with Crippen LogP contribution in [-0.4, -0.2) is 30.5 Å². The molecule has 1 saturated carbocycles. The average molecular weight is 385 g/mol. The van der Waals surface area contributed by atoms with Crippen molar-refractivity contribution in [3.05, 3.63) is 58.1 Å². The number of nitrogens with zero attached hydrogens (tertiary/aromatic N) is 1. The monoisotopic (exact) mass is 385 g/mol. The van der Waals surface area contributed by atoms with Crippen LogP contribution in [0.25, 0.3) is 0 Å². The molecule has 0 aromatic heterocycles. The van der Waals surface area contributed by atoms with Gasteiger partial charge in [0.1, 0.15) is 17.2 Å². The summed E-state index contributed by atoms with van der Waals surface area (Å²) in [6.07, 6.45) is 2.81. The molecule has 0 saturated heterocycles. The van der Waals surface area contributed by atoms with E-state index in [1.165, 1.54) is 18.2 Å². The van der Waals surface area contributed by atoms with Gasteiger partial charge >= 0.3 is 0 Å². The lowest BCUT2D eigenvalue weighted by molar-refractivity contribution is -0.384. The van der Waals surface area contributed by atoms with Crippen molar-refractivity contribution in [3.8, 4) is 17.2 Å². The summed E-state index contributed by atoms with van der Waals surface area (Å²) >= 11 is 0. The molecule has 0 aliphatic heterocycles. The Bertz CT molecular complexity index is 853. The number of nitrogens with two attached hydrogens (primary N) is 1. The molecule has 2 unspecified atom stereocenters. The summed E-state index contributed by atoms with van der Waals surface area (Å²) in [5.74, 6) is 1.22. The van der Waals surface area contributed by atoms with Gasteiger partial charge in [0.2, 0.25) is 0 Å². The van der Waals surface area contributed by atoms with Gasteiger partial charge in [-0.1, -0.05) is 6.42 Å². The van der Waals surface area contributed by atoms with Crippen LogP contribution < -0.4 is 20.5 Å². The topological polar surface area (TPSA) is 117 Å². The number of nitro benzene ring substituents is 1. The zero-order chi connectivity index (χ0) is 20.1. The van der Waals surface area contributed by atoms with E-state index in [9.17, 15) is 14.9 Å². The van der Waals surface area contributed by atoms with Crippen LogP contribution in [0.5, 0.6) is 17.2 Å². The first-order valence-electron chi connectivity index (χ1n) is 9.13. The summed E-state index contributed by atoms with van der Waals surface area (Å²) in [7, 11) is 1.56. The van der Waals surface area contributed by atoms with E-state index in [2.05, 4.69) is 5.32 Å². The first-order valence-corrected chi connectivity index (χ1v) is 9.13. The molecule has 2 atom stereocenters. The SMILES string of the molecule is COc1ccc(Oc2ccc([N+](=O)[O-])cc2C(=O)NC2CCCC2CN)cc1. The molecular weight excluding hydrogens is 362 g/mol. The lowest BCUT2D eigenvalue weighted by Gasteiger charge is -2.20. The van der Waals surface area contributed by atoms with Crippen molar-refractivity contribution < 1.29 is 19.2 Å². The highest BCUT2D eigenvalue weighted by atomic mass is 16.6. The highest BCUT2D eigenvalue weighted by Crippen LogP contribution is 2.31. The molecule has 1 amide bonds. The molecule has 2 aromatic rings. The second-order valence-electron chi connectivity index (χ2n) is 6.72. The Balaban J connectivity index is 1.86. The number of methoxy groups -OCH3 is 1. The predicted octanol–water partition coefficient (Wildman–Crippen LogP) is 3.25. The van der Waals surface area contributed by atoms with Crippen LogP contribution in [-0.2, 0) is 0 Å². The van der Waals surface area contributed by atoms with Crippen molar-refractivity contribution in [2.24, 2.45) is 11.7 Å². The average Bonchev–Trinajstić information content (AvgIpc) is 3.15. The summed E-state index contributed by atoms with van der Waals surface area (Å²) in [5, 5.41) is 14.1. The molecule has 3 rings (SSSR count). The number of carbonyl (C=O) groups excluding carboxylic acids is 1. The molecule has 0 heterocycles. The first kappa shape index (κ1) is 19.6. The zero-order valence-corrected chi connectivity index (χ0v) is 15.6. The molecule has 1 aliphatic rings. The number of carbonyl (C=O) groups is 1. The quantitative estimate of drug-likeness (QED) is 0.558. The van der Waals surface area contributed by atoms with E-state index in [0.29, 0.717) is 18.0 Å². The Morgan fingerprint density at radius 3 is 2.57 bits per heavy atom. The highest BCUT2D eigenvalue weighted by Gasteiger charge is 2.29. The van der Waals surface area contributed by atoms with Crippen molar-refractivity contribution in [2.45, 2.75) is 25.3 Å². The van der Waals surface area contributed by atoms with Crippen molar-refractivity contribution in [1.29, 1.82) is 0 Å². The number of non-ortho nitro benzene ring substituents is 1. The third kappa shape index (κ3) is 4.40. The van der Waals surface area contributed by atoms with E-state index >= 15 is 0 Å². The lowest BCUT2D eigenvalue weighted by Crippen LogP contribution is -2.40. The fourth-order valence-electron chi connectivity index (χ4n) is 3.42. The van der Waals surface area contributed by atoms with Crippen molar-refractivity contribution in [3.63, 3.8) is 0 Å². The maximum atomic E-state index is 12.9. The summed E-state index contributed by atoms with van der Waals surface area (Å²) in [6.45, 7) is 0.495. The maximum absolute atomic E-state index is 12.9. The molecule has 0 radical (unpaired) electrons. The van der Waals surface area contributed by atoms with Gasteiger partial charge in [0, 0.05) is 18.2 Å². The number of amides is 1. The van der Waals surface area contributed by atoms with E-state index in [0.717, 1.165) is 19.3 Å². The zero-order valence-electron chi connectivity index (χ0n) is 15.6. The second-order valence-corrected chi connectivity index (χ2v) is 6.72. The first-order chi connectivity index (χ1) is 13.5. The van der Waals surface area contributed by atoms with Crippen molar-refractivity contribution in [1.82, 2.24) is 5.32 Å². The molecule has 8 heteroatoms. The summed E-state index contributed by atoms with van der Waals surface area (Å²) in [4.78, 5) is 23.5. The normalized spacial score (nSPS) is 18.5. The van der Waals surface area contributed by atoms with Crippen LogP contribution in [0.4, 0.5) is 5.69 Å². The molecule has 3 N–H and O–H groups in total. The smallest absolute Gasteiger partial charge is 0.270 e. The predicted molar refractivity (Wildman–Crippen MR) is 104 cm³/mol. The molecule has 1 fully saturated rings. The fourth-order valence-corrected chi connectivity index (χ4v) is 3.42. The Labute approximate surface area is 162 Å². The summed E-state index contributed by atoms with van der Waals surface area (Å²) < 4.78 is 10.9. The van der Waals surface area contributed by atoms with Crippen LogP contribution in [0.1, 0.15) is 29.6 Å². The van der Waals surface area contributed by atoms with Crippen molar-refractivity contribution in [2.75, 3.05) is 13.7 Å². The van der Waals surface area contributed by atoms with Crippen molar-refractivity contribution >= 4 is 11.6 Å². The minimum atomic E-state index is -0.536. The molecule has 2 aromatic carbocycles. The van der Waals surface area contributed by atoms with Gasteiger partial charge in [0.05, 0.1) is 17.6 Å². The molecule has 1 aliphatic carbocycles. The molecule has 8 nitrogen and oxygen atoms in total. The Hall–Kier alpha value is -3.13. The van der Waals surface area contributed by atoms with Gasteiger partial charge in [0.15, 0.2) is 0 Å². The van der Waals surface area contributed by atoms with Gasteiger partial charge in [-0.2, -0.15) is 0 Å². The van der Waals surface area contributed by atoms with Gasteiger partial charge in [0.25, 0.3) is 11.6 Å². The third-order valence-corrected chi connectivity index (χ3v) is 4.98. The third-order valence-electron chi connectivity index (χ3n) is 4.98. The highest BCUT2D eigenvalue weighted by molar-refractivity contribution is 5.98. The summed E-state index contributed by atoms with van der Waals surface area (Å²) in [5.41, 5.74) is 5.73. The minimum absolute atomic E-state index is 0.0365. The van der Waals surface area contributed by atoms with Crippen LogP contribution in [0.2, 0.25) is 0 Å². The van der Waals surface area contributed by atoms with Gasteiger partial charge in [-0.15, -0.1) is 0 Å². The number of hydrogen-bond acceptors (Lipinski definition) is 6. The lowest BCUT2D eigenvalue weighted by atomic mass is 10.0. The van der Waals surface area contributed by atoms with Crippen LogP contribution in [0, 0.1) is 16.0 Å². The standard InChI is InChI=1S/C20H23N3O5/c1-27-15-6-8-16(9-7-15)28-19-10-5-14(23(25)26)11-17(19)20(24)22-18-4-2-3-13(18)12-21/h5-11,13,18H,2-4,12,21H2,1H3,(H,22,24). The van der Waals surface area contributed by atoms with E-state index in [-0.39, 0.29) is 29.0 Å². The number of nitro groups is 1. The van der Waals surface area contributed by atoms with Gasteiger partial charge in [-0.3, -0.25) is 14.9 Å². The second kappa shape index (κ2) is 8.71. The van der Waals surface area contributed by atoms with E-state index in [1.54, 1.807) is 31.4 Å². The largest absolute Gasteiger partial charge is 0.497 e. The molecule has 148 valence electrons. The fraction of sp³-hybridized carbons (Fsp3) is 0.350.